The first kappa shape index (κ1) is 21.4. The fraction of sp³-hybridized carbons (Fsp3) is 0.684. The van der Waals surface area contributed by atoms with Crippen molar-refractivity contribution >= 4 is 21.2 Å². The first-order chi connectivity index (χ1) is 13.4. The van der Waals surface area contributed by atoms with Gasteiger partial charge in [0.2, 0.25) is 15.0 Å². The van der Waals surface area contributed by atoms with Gasteiger partial charge in [0, 0.05) is 38.4 Å². The highest BCUT2D eigenvalue weighted by Gasteiger charge is 2.34. The minimum absolute atomic E-state index is 0.150. The molecule has 28 heavy (non-hydrogen) atoms. The van der Waals surface area contributed by atoms with Crippen LogP contribution >= 0.6 is 11.3 Å². The van der Waals surface area contributed by atoms with Gasteiger partial charge in [-0.3, -0.25) is 4.90 Å². The van der Waals surface area contributed by atoms with E-state index in [-0.39, 0.29) is 16.4 Å². The maximum atomic E-state index is 13.2. The van der Waals surface area contributed by atoms with Crippen LogP contribution in [0.2, 0.25) is 0 Å². The number of hydrogen-bond acceptors (Lipinski definition) is 7. The van der Waals surface area contributed by atoms with Crippen LogP contribution in [0.25, 0.3) is 0 Å². The molecule has 1 fully saturated rings. The lowest BCUT2D eigenvalue weighted by Gasteiger charge is -2.24. The van der Waals surface area contributed by atoms with Crippen molar-refractivity contribution in [1.82, 2.24) is 19.4 Å². The van der Waals surface area contributed by atoms with Crippen molar-refractivity contribution in [2.75, 3.05) is 20.8 Å². The van der Waals surface area contributed by atoms with E-state index in [1.807, 2.05) is 23.2 Å². The Bertz CT molecular complexity index is 843. The lowest BCUT2D eigenvalue weighted by atomic mass is 10.3. The monoisotopic (exact) mass is 426 g/mol. The van der Waals surface area contributed by atoms with Gasteiger partial charge in [-0.2, -0.15) is 0 Å². The molecule has 2 aromatic heterocycles. The molecule has 7 nitrogen and oxygen atoms in total. The second-order valence-corrected chi connectivity index (χ2v) is 10.5. The summed E-state index contributed by atoms with van der Waals surface area (Å²) in [6.45, 7) is 3.90. The second kappa shape index (κ2) is 9.47. The van der Waals surface area contributed by atoms with Gasteiger partial charge in [-0.05, 0) is 33.2 Å². The van der Waals surface area contributed by atoms with Gasteiger partial charge in [-0.15, -0.1) is 11.3 Å². The van der Waals surface area contributed by atoms with Crippen LogP contribution in [0.5, 0.6) is 0 Å². The van der Waals surface area contributed by atoms with Crippen LogP contribution in [0.4, 0.5) is 0 Å². The number of sulfone groups is 1. The maximum Gasteiger partial charge on any atom is 0.228 e. The molecule has 0 N–H and O–H groups in total. The Morgan fingerprint density at radius 3 is 2.75 bits per heavy atom. The number of nitrogens with zero attached hydrogens (tertiary/aromatic N) is 4. The fourth-order valence-electron chi connectivity index (χ4n) is 3.72. The Hall–Kier alpha value is -1.29. The van der Waals surface area contributed by atoms with E-state index in [9.17, 15) is 8.42 Å². The minimum atomic E-state index is -3.40. The highest BCUT2D eigenvalue weighted by Crippen LogP contribution is 2.30. The van der Waals surface area contributed by atoms with Crippen molar-refractivity contribution in [3.05, 3.63) is 28.5 Å². The number of methoxy groups -OCH3 is 1. The smallest absolute Gasteiger partial charge is 0.228 e. The molecule has 0 saturated heterocycles. The number of hydrogen-bond donors (Lipinski definition) is 0. The van der Waals surface area contributed by atoms with E-state index in [0.29, 0.717) is 19.7 Å². The summed E-state index contributed by atoms with van der Waals surface area (Å²) >= 11 is 1.63. The van der Waals surface area contributed by atoms with Gasteiger partial charge in [0.25, 0.3) is 0 Å². The molecule has 0 aliphatic heterocycles. The molecule has 156 valence electrons. The first-order valence-electron chi connectivity index (χ1n) is 9.82. The van der Waals surface area contributed by atoms with E-state index in [2.05, 4.69) is 21.8 Å². The van der Waals surface area contributed by atoms with Gasteiger partial charge in [-0.1, -0.05) is 12.8 Å². The third-order valence-electron chi connectivity index (χ3n) is 5.51. The number of thiazole rings is 1. The second-order valence-electron chi connectivity index (χ2n) is 7.44. The molecule has 3 rings (SSSR count). The van der Waals surface area contributed by atoms with Crippen molar-refractivity contribution < 1.29 is 13.2 Å². The van der Waals surface area contributed by atoms with Crippen LogP contribution in [0.3, 0.4) is 0 Å². The largest absolute Gasteiger partial charge is 0.385 e. The van der Waals surface area contributed by atoms with Crippen LogP contribution < -0.4 is 0 Å². The van der Waals surface area contributed by atoms with Crippen molar-refractivity contribution in [2.45, 2.75) is 68.6 Å². The molecule has 0 bridgehead atoms. The van der Waals surface area contributed by atoms with E-state index in [1.54, 1.807) is 24.6 Å². The third-order valence-corrected chi connectivity index (χ3v) is 8.64. The molecule has 9 heteroatoms. The standard InChI is InChI=1S/C19H30N4O3S2/c1-15(18-20-9-12-27-18)22(2)14-16-13-21-19(23(16)10-6-11-26-3)28(24,25)17-7-4-5-8-17/h9,12-13,15,17H,4-8,10-11,14H2,1-3H3. The van der Waals surface area contributed by atoms with Gasteiger partial charge < -0.3 is 9.30 Å². The van der Waals surface area contributed by atoms with Crippen molar-refractivity contribution in [1.29, 1.82) is 0 Å². The number of ether oxygens (including phenoxy) is 1. The van der Waals surface area contributed by atoms with E-state index in [1.165, 1.54) is 0 Å². The Kier molecular flexibility index (Phi) is 7.25. The Morgan fingerprint density at radius 2 is 2.11 bits per heavy atom. The zero-order valence-electron chi connectivity index (χ0n) is 16.9. The highest BCUT2D eigenvalue weighted by atomic mass is 32.2. The van der Waals surface area contributed by atoms with Gasteiger partial charge >= 0.3 is 0 Å². The normalized spacial score (nSPS) is 16.9. The van der Waals surface area contributed by atoms with E-state index in [0.717, 1.165) is 42.8 Å². The molecule has 0 spiro atoms. The van der Waals surface area contributed by atoms with E-state index in [4.69, 9.17) is 4.74 Å². The predicted octanol–water partition coefficient (Wildman–Crippen LogP) is 3.29. The van der Waals surface area contributed by atoms with Crippen LogP contribution in [0.1, 0.15) is 55.8 Å². The molecular weight excluding hydrogens is 396 g/mol. The molecule has 0 radical (unpaired) electrons. The predicted molar refractivity (Wildman–Crippen MR) is 110 cm³/mol. The van der Waals surface area contributed by atoms with E-state index < -0.39 is 9.84 Å². The fourth-order valence-corrected chi connectivity index (χ4v) is 6.45. The topological polar surface area (TPSA) is 77.3 Å². The first-order valence-corrected chi connectivity index (χ1v) is 12.2. The van der Waals surface area contributed by atoms with E-state index >= 15 is 0 Å². The van der Waals surface area contributed by atoms with Crippen LogP contribution in [0, 0.1) is 0 Å². The third kappa shape index (κ3) is 4.64. The molecular formula is C19H30N4O3S2. The molecule has 1 atom stereocenters. The molecule has 1 aliphatic rings. The Balaban J connectivity index is 1.84. The molecule has 2 heterocycles. The van der Waals surface area contributed by atoms with Gasteiger partial charge in [-0.25, -0.2) is 18.4 Å². The summed E-state index contributed by atoms with van der Waals surface area (Å²) < 4.78 is 33.4. The number of imidazole rings is 1. The zero-order chi connectivity index (χ0) is 20.1. The summed E-state index contributed by atoms with van der Waals surface area (Å²) in [5.41, 5.74) is 0.915. The number of aromatic nitrogens is 3. The van der Waals surface area contributed by atoms with Crippen LogP contribution in [-0.2, 0) is 27.7 Å². The summed E-state index contributed by atoms with van der Waals surface area (Å²) in [7, 11) is 0.290. The maximum absolute atomic E-state index is 13.2. The van der Waals surface area contributed by atoms with Gasteiger partial charge in [0.05, 0.1) is 23.2 Å². The number of rotatable bonds is 10. The highest BCUT2D eigenvalue weighted by molar-refractivity contribution is 7.91. The summed E-state index contributed by atoms with van der Waals surface area (Å²) in [4.78, 5) is 11.0. The molecule has 1 saturated carbocycles. The lowest BCUT2D eigenvalue weighted by molar-refractivity contribution is 0.187. The van der Waals surface area contributed by atoms with Crippen molar-refractivity contribution in [3.8, 4) is 0 Å². The Labute approximate surface area is 171 Å². The summed E-state index contributed by atoms with van der Waals surface area (Å²) in [6, 6.07) is 0.150. The van der Waals surface area contributed by atoms with Crippen LogP contribution in [-0.4, -0.2) is 53.9 Å². The summed E-state index contributed by atoms with van der Waals surface area (Å²) in [5, 5.41) is 2.95. The average molecular weight is 427 g/mol. The SMILES string of the molecule is COCCCn1c(CN(C)C(C)c2nccs2)cnc1S(=O)(=O)C1CCCC1. The van der Waals surface area contributed by atoms with Gasteiger partial charge in [0.1, 0.15) is 5.01 Å². The summed E-state index contributed by atoms with van der Waals surface area (Å²) in [6.07, 6.45) is 7.72. The van der Waals surface area contributed by atoms with Crippen molar-refractivity contribution in [2.24, 2.45) is 0 Å². The van der Waals surface area contributed by atoms with Crippen LogP contribution in [0.15, 0.2) is 22.9 Å². The molecule has 1 aliphatic carbocycles. The molecule has 1 unspecified atom stereocenters. The molecule has 0 amide bonds. The zero-order valence-corrected chi connectivity index (χ0v) is 18.5. The summed E-state index contributed by atoms with van der Waals surface area (Å²) in [5.74, 6) is 0. The molecule has 2 aromatic rings. The van der Waals surface area contributed by atoms with Gasteiger partial charge in [0.15, 0.2) is 0 Å². The average Bonchev–Trinajstić information content (AvgIpc) is 3.43. The minimum Gasteiger partial charge on any atom is -0.385 e. The quantitative estimate of drug-likeness (QED) is 0.543. The Morgan fingerprint density at radius 1 is 1.36 bits per heavy atom. The lowest BCUT2D eigenvalue weighted by Crippen LogP contribution is -2.26. The molecule has 0 aromatic carbocycles. The van der Waals surface area contributed by atoms with Crippen molar-refractivity contribution in [3.63, 3.8) is 0 Å².